The van der Waals surface area contributed by atoms with Crippen LogP contribution in [0.4, 0.5) is 0 Å². The highest BCUT2D eigenvalue weighted by Crippen LogP contribution is 2.44. The van der Waals surface area contributed by atoms with Crippen molar-refractivity contribution in [1.29, 1.82) is 0 Å². The molecule has 1 N–H and O–H groups in total. The summed E-state index contributed by atoms with van der Waals surface area (Å²) in [5, 5.41) is 3.30. The number of hydrogen-bond donors (Lipinski definition) is 1. The number of hydrogen-bond acceptors (Lipinski definition) is 1. The van der Waals surface area contributed by atoms with Gasteiger partial charge in [0.2, 0.25) is 0 Å². The van der Waals surface area contributed by atoms with Crippen LogP contribution in [0.2, 0.25) is 0 Å². The highest BCUT2D eigenvalue weighted by molar-refractivity contribution is 5.59. The maximum Gasteiger partial charge on any atom is 0.0503 e. The lowest BCUT2D eigenvalue weighted by Gasteiger charge is -2.40. The van der Waals surface area contributed by atoms with Crippen LogP contribution in [0.1, 0.15) is 169 Å². The number of aryl methyl sites for hydroxylation is 1. The molecule has 1 aliphatic rings. The van der Waals surface area contributed by atoms with Gasteiger partial charge in [0.1, 0.15) is 0 Å². The fourth-order valence-electron chi connectivity index (χ4n) is 5.24. The fraction of sp³-hybridized carbons (Fsp3) is 0.583. The van der Waals surface area contributed by atoms with Crippen LogP contribution >= 0.6 is 0 Å². The van der Waals surface area contributed by atoms with Gasteiger partial charge in [0.25, 0.3) is 0 Å². The third-order valence-electron chi connectivity index (χ3n) is 10.8. The number of benzene rings is 2. The van der Waals surface area contributed by atoms with Crippen molar-refractivity contribution in [2.75, 3.05) is 6.54 Å². The molecule has 0 radical (unpaired) electrons. The Bertz CT molecular complexity index is 1360. The molecule has 1 aliphatic carbocycles. The first-order valence-corrected chi connectivity index (χ1v) is 19.3. The molecule has 2 aromatic rings. The standard InChI is InChI=1S/C33H50.C9H13N.3C2H6/c1-15-16-25-19-29(33(13,14)31(8,9)10)21-27(24(25)4)18-26-20-28(17-22(2)23(26)3)32(11,12)30(5,6)7;1-3-10-9-7-5-4-6-8(9)2;3*1-2/h15-17,19-21H,18H2,1-14H3;4-7,9-10H,2-3H2,1H3;3*1-2H3/b16-15+;;;;. The molecule has 0 fully saturated rings. The zero-order valence-electron chi connectivity index (χ0n) is 36.5. The monoisotopic (exact) mass is 672 g/mol. The number of likely N-dealkylation sites (N-methyl/N-ethyl adjacent to an activating group) is 1. The molecule has 0 saturated heterocycles. The summed E-state index contributed by atoms with van der Waals surface area (Å²) in [4.78, 5) is 0. The van der Waals surface area contributed by atoms with Gasteiger partial charge in [-0.1, -0.05) is 185 Å². The molecular weight excluding hydrogens is 591 g/mol. The fourth-order valence-corrected chi connectivity index (χ4v) is 5.24. The summed E-state index contributed by atoms with van der Waals surface area (Å²) in [5.41, 5.74) is 13.1. The molecule has 0 amide bonds. The van der Waals surface area contributed by atoms with Crippen molar-refractivity contribution in [2.45, 2.75) is 169 Å². The summed E-state index contributed by atoms with van der Waals surface area (Å²) in [6.07, 6.45) is 13.6. The molecule has 278 valence electrons. The molecule has 0 aromatic heterocycles. The molecule has 0 spiro atoms. The van der Waals surface area contributed by atoms with Gasteiger partial charge in [-0.3, -0.25) is 0 Å². The van der Waals surface area contributed by atoms with Gasteiger partial charge in [-0.15, -0.1) is 0 Å². The summed E-state index contributed by atoms with van der Waals surface area (Å²) in [6.45, 7) is 51.7. The average molecular weight is 672 g/mol. The van der Waals surface area contributed by atoms with Crippen molar-refractivity contribution in [3.63, 3.8) is 0 Å². The zero-order valence-corrected chi connectivity index (χ0v) is 36.5. The van der Waals surface area contributed by atoms with Crippen molar-refractivity contribution in [1.82, 2.24) is 5.32 Å². The van der Waals surface area contributed by atoms with Crippen molar-refractivity contribution in [3.05, 3.63) is 111 Å². The van der Waals surface area contributed by atoms with Crippen LogP contribution in [0.5, 0.6) is 0 Å². The van der Waals surface area contributed by atoms with Crippen LogP contribution in [0.3, 0.4) is 0 Å². The van der Waals surface area contributed by atoms with E-state index in [4.69, 9.17) is 0 Å². The topological polar surface area (TPSA) is 12.0 Å². The Morgan fingerprint density at radius 3 is 1.53 bits per heavy atom. The molecule has 1 nitrogen and oxygen atoms in total. The van der Waals surface area contributed by atoms with Crippen LogP contribution < -0.4 is 5.32 Å². The molecule has 0 saturated carbocycles. The van der Waals surface area contributed by atoms with Crippen LogP contribution in [0.15, 0.2) is 66.8 Å². The van der Waals surface area contributed by atoms with E-state index < -0.39 is 0 Å². The van der Waals surface area contributed by atoms with E-state index >= 15 is 0 Å². The molecule has 49 heavy (non-hydrogen) atoms. The Hall–Kier alpha value is -2.64. The highest BCUT2D eigenvalue weighted by Gasteiger charge is 2.36. The predicted octanol–water partition coefficient (Wildman–Crippen LogP) is 14.6. The van der Waals surface area contributed by atoms with Gasteiger partial charge in [-0.25, -0.2) is 0 Å². The quantitative estimate of drug-likeness (QED) is 0.309. The van der Waals surface area contributed by atoms with Gasteiger partial charge in [0.05, 0.1) is 6.04 Å². The minimum Gasteiger partial charge on any atom is -0.307 e. The van der Waals surface area contributed by atoms with E-state index in [0.29, 0.717) is 6.04 Å². The molecule has 2 aromatic carbocycles. The maximum absolute atomic E-state index is 3.91. The second-order valence-corrected chi connectivity index (χ2v) is 15.7. The molecule has 0 heterocycles. The third kappa shape index (κ3) is 13.2. The minimum absolute atomic E-state index is 0.0762. The van der Waals surface area contributed by atoms with Gasteiger partial charge in [0, 0.05) is 0 Å². The molecule has 3 rings (SSSR count). The van der Waals surface area contributed by atoms with Crippen molar-refractivity contribution >= 4 is 6.08 Å². The largest absolute Gasteiger partial charge is 0.307 e. The van der Waals surface area contributed by atoms with E-state index in [0.717, 1.165) is 18.5 Å². The lowest BCUT2D eigenvalue weighted by Crippen LogP contribution is -2.34. The maximum atomic E-state index is 3.91. The molecule has 0 bridgehead atoms. The number of nitrogens with one attached hydrogen (secondary N) is 1. The lowest BCUT2D eigenvalue weighted by atomic mass is 9.64. The molecule has 1 unspecified atom stereocenters. The zero-order chi connectivity index (χ0) is 39.0. The Kier molecular flexibility index (Phi) is 21.3. The van der Waals surface area contributed by atoms with Gasteiger partial charge in [0.15, 0.2) is 0 Å². The number of rotatable bonds is 7. The minimum atomic E-state index is 0.0762. The van der Waals surface area contributed by atoms with Crippen LogP contribution in [0, 0.1) is 31.6 Å². The summed E-state index contributed by atoms with van der Waals surface area (Å²) in [6, 6.07) is 10.2. The van der Waals surface area contributed by atoms with Gasteiger partial charge in [-0.2, -0.15) is 0 Å². The third-order valence-corrected chi connectivity index (χ3v) is 10.8. The number of allylic oxidation sites excluding steroid dienone is 3. The van der Waals surface area contributed by atoms with E-state index in [1.165, 1.54) is 44.5 Å². The predicted molar refractivity (Wildman–Crippen MR) is 228 cm³/mol. The van der Waals surface area contributed by atoms with Crippen molar-refractivity contribution in [3.8, 4) is 0 Å². The van der Waals surface area contributed by atoms with E-state index in [1.807, 2.05) is 59.8 Å². The van der Waals surface area contributed by atoms with Crippen molar-refractivity contribution < 1.29 is 0 Å². The summed E-state index contributed by atoms with van der Waals surface area (Å²) in [5.74, 6) is 0. The second-order valence-electron chi connectivity index (χ2n) is 15.7. The highest BCUT2D eigenvalue weighted by atomic mass is 14.9. The second kappa shape index (κ2) is 21.5. The SMILES string of the molecule is C/C=C/c1cc(C(C)(C)C(C)(C)C)cc(Cc2cc(C(C)(C)C(C)(C)C)cc(C)c2C)c1C.C=C1C=CC=CC1NCC.CC.CC.CC. The van der Waals surface area contributed by atoms with Crippen LogP contribution in [0.25, 0.3) is 6.08 Å². The molecule has 0 aliphatic heterocycles. The summed E-state index contributed by atoms with van der Waals surface area (Å²) >= 11 is 0. The van der Waals surface area contributed by atoms with E-state index in [-0.39, 0.29) is 21.7 Å². The first-order valence-electron chi connectivity index (χ1n) is 19.3. The van der Waals surface area contributed by atoms with E-state index in [1.54, 1.807) is 0 Å². The summed E-state index contributed by atoms with van der Waals surface area (Å²) < 4.78 is 0. The van der Waals surface area contributed by atoms with Crippen molar-refractivity contribution in [2.24, 2.45) is 10.8 Å². The van der Waals surface area contributed by atoms with Crippen LogP contribution in [-0.2, 0) is 17.3 Å². The molecule has 1 atom stereocenters. The molecular formula is C48H81N. The van der Waals surface area contributed by atoms with E-state index in [9.17, 15) is 0 Å². The smallest absolute Gasteiger partial charge is 0.0503 e. The first-order chi connectivity index (χ1) is 22.7. The Balaban J connectivity index is 0. The van der Waals surface area contributed by atoms with Gasteiger partial charge < -0.3 is 5.32 Å². The lowest BCUT2D eigenvalue weighted by molar-refractivity contribution is 0.225. The summed E-state index contributed by atoms with van der Waals surface area (Å²) in [7, 11) is 0. The normalized spacial score (nSPS) is 14.5. The Morgan fingerprint density at radius 1 is 0.673 bits per heavy atom. The van der Waals surface area contributed by atoms with Crippen LogP contribution in [-0.4, -0.2) is 12.6 Å². The van der Waals surface area contributed by atoms with E-state index in [2.05, 4.69) is 158 Å². The molecule has 1 heteroatoms. The van der Waals surface area contributed by atoms with Gasteiger partial charge in [-0.05, 0) is 112 Å². The van der Waals surface area contributed by atoms with Gasteiger partial charge >= 0.3 is 0 Å². The average Bonchev–Trinajstić information content (AvgIpc) is 3.04. The Labute approximate surface area is 307 Å². The first kappa shape index (κ1) is 48.5. The Morgan fingerprint density at radius 2 is 1.12 bits per heavy atom.